The molecule has 1 amide bonds. The highest BCUT2D eigenvalue weighted by Gasteiger charge is 2.42. The molecule has 9 heteroatoms. The van der Waals surface area contributed by atoms with E-state index in [0.29, 0.717) is 41.8 Å². The highest BCUT2D eigenvalue weighted by atomic mass is 32.2. The minimum Gasteiger partial charge on any atom is -0.490 e. The number of amides is 1. The zero-order valence-corrected chi connectivity index (χ0v) is 26.3. The Morgan fingerprint density at radius 3 is 2.10 bits per heavy atom. The van der Waals surface area contributed by atoms with Gasteiger partial charge in [-0.2, -0.15) is 4.31 Å². The summed E-state index contributed by atoms with van der Waals surface area (Å²) in [5.41, 5.74) is 2.66. The molecule has 0 unspecified atom stereocenters. The van der Waals surface area contributed by atoms with Crippen LogP contribution in [0.4, 0.5) is 0 Å². The molecule has 0 spiro atoms. The molecule has 0 aliphatic carbocycles. The van der Waals surface area contributed by atoms with E-state index in [1.165, 1.54) is 17.1 Å². The minimum atomic E-state index is -3.59. The van der Waals surface area contributed by atoms with Crippen molar-refractivity contribution in [1.29, 1.82) is 0 Å². The molecule has 3 atom stereocenters. The SMILES string of the molecule is Cc1ccc(S(=O)(=O)N2CCN(C(=O)c3cc4cc(O[C@@H]5C[C@H]6CC[C@@H](C5)N6C(C)C)ccc4n3C(C)C)CC2)cc1. The van der Waals surface area contributed by atoms with Crippen LogP contribution in [0.15, 0.2) is 53.4 Å². The van der Waals surface area contributed by atoms with Gasteiger partial charge >= 0.3 is 0 Å². The van der Waals surface area contributed by atoms with Crippen molar-refractivity contribution in [1.82, 2.24) is 18.7 Å². The second kappa shape index (κ2) is 11.3. The molecule has 3 saturated heterocycles. The zero-order valence-electron chi connectivity index (χ0n) is 25.5. The summed E-state index contributed by atoms with van der Waals surface area (Å²) in [5.74, 6) is 0.798. The molecular formula is C33H44N4O4S. The predicted molar refractivity (Wildman–Crippen MR) is 166 cm³/mol. The van der Waals surface area contributed by atoms with Crippen LogP contribution in [-0.2, 0) is 10.0 Å². The van der Waals surface area contributed by atoms with Crippen LogP contribution < -0.4 is 4.74 Å². The van der Waals surface area contributed by atoms with Crippen molar-refractivity contribution in [3.8, 4) is 5.75 Å². The van der Waals surface area contributed by atoms with Crippen LogP contribution in [0, 0.1) is 6.92 Å². The Labute approximate surface area is 250 Å². The first-order valence-electron chi connectivity index (χ1n) is 15.5. The van der Waals surface area contributed by atoms with Gasteiger partial charge in [0, 0.05) is 61.2 Å². The van der Waals surface area contributed by atoms with E-state index in [4.69, 9.17) is 4.74 Å². The highest BCUT2D eigenvalue weighted by Crippen LogP contribution is 2.39. The number of hydrogen-bond acceptors (Lipinski definition) is 5. The minimum absolute atomic E-state index is 0.0626. The van der Waals surface area contributed by atoms with Gasteiger partial charge in [-0.3, -0.25) is 9.69 Å². The lowest BCUT2D eigenvalue weighted by atomic mass is 9.98. The second-order valence-corrected chi connectivity index (χ2v) is 14.8. The quantitative estimate of drug-likeness (QED) is 0.364. The number of hydrogen-bond donors (Lipinski definition) is 0. The van der Waals surface area contributed by atoms with Gasteiger partial charge in [0.1, 0.15) is 17.5 Å². The summed E-state index contributed by atoms with van der Waals surface area (Å²) in [6.45, 7) is 12.0. The van der Waals surface area contributed by atoms with Crippen molar-refractivity contribution in [3.63, 3.8) is 0 Å². The molecule has 8 nitrogen and oxygen atoms in total. The molecule has 42 heavy (non-hydrogen) atoms. The molecule has 3 aliphatic heterocycles. The number of sulfonamides is 1. The topological polar surface area (TPSA) is 75.1 Å². The summed E-state index contributed by atoms with van der Waals surface area (Å²) in [6.07, 6.45) is 4.87. The fraction of sp³-hybridized carbons (Fsp3) is 0.545. The number of carbonyl (C=O) groups excluding carboxylic acids is 1. The second-order valence-electron chi connectivity index (χ2n) is 12.9. The third kappa shape index (κ3) is 5.35. The summed E-state index contributed by atoms with van der Waals surface area (Å²) in [4.78, 5) is 18.6. The molecule has 6 rings (SSSR count). The van der Waals surface area contributed by atoms with Crippen LogP contribution in [0.2, 0.25) is 0 Å². The largest absolute Gasteiger partial charge is 0.490 e. The number of carbonyl (C=O) groups is 1. The zero-order chi connectivity index (χ0) is 29.8. The molecule has 3 aromatic rings. The number of ether oxygens (including phenoxy) is 1. The Hall–Kier alpha value is -2.88. The van der Waals surface area contributed by atoms with Gasteiger partial charge in [0.2, 0.25) is 10.0 Å². The van der Waals surface area contributed by atoms with Crippen molar-refractivity contribution in [2.24, 2.45) is 0 Å². The standard InChI is InChI=1S/C33H44N4O4S/c1-22(2)36-26-8-9-27(36)21-29(20-26)41-28-10-13-31-25(18-28)19-32(37(31)23(3)4)33(38)34-14-16-35(17-15-34)42(39,40)30-11-6-24(5)7-12-30/h6-7,10-13,18-19,22-23,26-27,29H,8-9,14-17,20-21H2,1-5H3/t26-,27+,29-. The fourth-order valence-electron chi connectivity index (χ4n) is 7.46. The summed E-state index contributed by atoms with van der Waals surface area (Å²) in [5, 5.41) is 0.993. The lowest BCUT2D eigenvalue weighted by molar-refractivity contribution is 0.0308. The van der Waals surface area contributed by atoms with Crippen LogP contribution in [0.3, 0.4) is 0 Å². The number of benzene rings is 2. The molecule has 2 aromatic carbocycles. The summed E-state index contributed by atoms with van der Waals surface area (Å²) >= 11 is 0. The monoisotopic (exact) mass is 592 g/mol. The molecular weight excluding hydrogens is 548 g/mol. The van der Waals surface area contributed by atoms with E-state index in [1.54, 1.807) is 17.0 Å². The maximum absolute atomic E-state index is 13.8. The molecule has 2 bridgehead atoms. The van der Waals surface area contributed by atoms with E-state index in [0.717, 1.165) is 35.1 Å². The number of rotatable bonds is 7. The molecule has 3 aliphatic rings. The van der Waals surface area contributed by atoms with Crippen molar-refractivity contribution in [2.75, 3.05) is 26.2 Å². The van der Waals surface area contributed by atoms with Crippen molar-refractivity contribution in [2.45, 2.75) is 95.5 Å². The van der Waals surface area contributed by atoms with E-state index >= 15 is 0 Å². The Balaban J connectivity index is 1.17. The number of fused-ring (bicyclic) bond motifs is 3. The number of aromatic nitrogens is 1. The van der Waals surface area contributed by atoms with Crippen LogP contribution in [0.1, 0.15) is 75.5 Å². The van der Waals surface area contributed by atoms with E-state index in [1.807, 2.05) is 31.2 Å². The van der Waals surface area contributed by atoms with E-state index in [2.05, 4.69) is 49.3 Å². The van der Waals surface area contributed by atoms with Gasteiger partial charge in [-0.05, 0) is 96.7 Å². The summed E-state index contributed by atoms with van der Waals surface area (Å²) in [6, 6.07) is 17.0. The Kier molecular flexibility index (Phi) is 7.87. The maximum Gasteiger partial charge on any atom is 0.270 e. The average molecular weight is 593 g/mol. The Bertz CT molecular complexity index is 1540. The molecule has 4 heterocycles. The van der Waals surface area contributed by atoms with Crippen molar-refractivity contribution in [3.05, 3.63) is 59.8 Å². The Morgan fingerprint density at radius 1 is 0.857 bits per heavy atom. The predicted octanol–water partition coefficient (Wildman–Crippen LogP) is 5.46. The number of piperidine rings is 1. The van der Waals surface area contributed by atoms with E-state index in [9.17, 15) is 13.2 Å². The number of aryl methyl sites for hydroxylation is 1. The van der Waals surface area contributed by atoms with Crippen molar-refractivity contribution < 1.29 is 17.9 Å². The third-order valence-electron chi connectivity index (χ3n) is 9.38. The molecule has 226 valence electrons. The third-order valence-corrected chi connectivity index (χ3v) is 11.3. The molecule has 0 radical (unpaired) electrons. The van der Waals surface area contributed by atoms with Gasteiger partial charge in [0.25, 0.3) is 5.91 Å². The normalized spacial score (nSPS) is 23.8. The summed E-state index contributed by atoms with van der Waals surface area (Å²) in [7, 11) is -3.59. The van der Waals surface area contributed by atoms with Crippen LogP contribution in [0.25, 0.3) is 10.9 Å². The molecule has 3 fully saturated rings. The smallest absolute Gasteiger partial charge is 0.270 e. The maximum atomic E-state index is 13.8. The Morgan fingerprint density at radius 2 is 1.50 bits per heavy atom. The number of piperazine rings is 1. The van der Waals surface area contributed by atoms with Crippen LogP contribution in [-0.4, -0.2) is 83.4 Å². The van der Waals surface area contributed by atoms with Crippen LogP contribution >= 0.6 is 0 Å². The average Bonchev–Trinajstić information content (AvgIpc) is 3.48. The van der Waals surface area contributed by atoms with Gasteiger partial charge in [0.15, 0.2) is 0 Å². The van der Waals surface area contributed by atoms with Gasteiger partial charge in [-0.1, -0.05) is 17.7 Å². The first-order chi connectivity index (χ1) is 20.0. The highest BCUT2D eigenvalue weighted by molar-refractivity contribution is 7.89. The molecule has 0 N–H and O–H groups in total. The molecule has 1 aromatic heterocycles. The fourth-order valence-corrected chi connectivity index (χ4v) is 8.88. The van der Waals surface area contributed by atoms with E-state index in [-0.39, 0.29) is 31.1 Å². The lowest BCUT2D eigenvalue weighted by Gasteiger charge is -2.41. The lowest BCUT2D eigenvalue weighted by Crippen LogP contribution is -2.50. The van der Waals surface area contributed by atoms with Crippen molar-refractivity contribution >= 4 is 26.8 Å². The van der Waals surface area contributed by atoms with Gasteiger partial charge < -0.3 is 14.2 Å². The van der Waals surface area contributed by atoms with Gasteiger partial charge in [0.05, 0.1) is 4.90 Å². The van der Waals surface area contributed by atoms with Crippen LogP contribution in [0.5, 0.6) is 5.75 Å². The number of nitrogens with zero attached hydrogens (tertiary/aromatic N) is 4. The molecule has 0 saturated carbocycles. The van der Waals surface area contributed by atoms with E-state index < -0.39 is 10.0 Å². The summed E-state index contributed by atoms with van der Waals surface area (Å²) < 4.78 is 36.5. The van der Waals surface area contributed by atoms with Gasteiger partial charge in [-0.25, -0.2) is 8.42 Å². The van der Waals surface area contributed by atoms with Gasteiger partial charge in [-0.15, -0.1) is 0 Å². The first-order valence-corrected chi connectivity index (χ1v) is 16.9. The first kappa shape index (κ1) is 29.2.